The molecule has 3 aromatic rings. The van der Waals surface area contributed by atoms with Gasteiger partial charge in [-0.05, 0) is 38.3 Å². The van der Waals surface area contributed by atoms with E-state index in [2.05, 4.69) is 55.6 Å². The first-order valence-electron chi connectivity index (χ1n) is 9.79. The summed E-state index contributed by atoms with van der Waals surface area (Å²) in [6, 6.07) is 11.8. The van der Waals surface area contributed by atoms with Gasteiger partial charge in [0, 0.05) is 30.8 Å². The number of hydrogen-bond donors (Lipinski definition) is 1. The van der Waals surface area contributed by atoms with Crippen molar-refractivity contribution >= 4 is 0 Å². The average Bonchev–Trinajstić information content (AvgIpc) is 3.45. The highest BCUT2D eigenvalue weighted by Gasteiger charge is 2.46. The fraction of sp³-hybridized carbons (Fsp3) is 0.500. The summed E-state index contributed by atoms with van der Waals surface area (Å²) in [5, 5.41) is 11.4. The molecule has 0 aliphatic carbocycles. The first-order valence-corrected chi connectivity index (χ1v) is 9.79. The van der Waals surface area contributed by atoms with Crippen molar-refractivity contribution in [3.05, 3.63) is 59.3 Å². The summed E-state index contributed by atoms with van der Waals surface area (Å²) in [4.78, 5) is 11.7. The number of H-pyrrole nitrogens is 1. The van der Waals surface area contributed by atoms with Crippen molar-refractivity contribution in [2.75, 3.05) is 6.54 Å². The Morgan fingerprint density at radius 2 is 2.07 bits per heavy atom. The zero-order chi connectivity index (χ0) is 18.2. The third kappa shape index (κ3) is 3.16. The standard InChI is InChI=1S/C20H24N6O/c1-13-21-18(24-23-13)9-10-19-22-20(25-27-19)15-12-17(14-6-3-2-4-7-14)26-11-5-8-16(15)26/h2-4,6-7,15-17H,5,8-12H2,1H3,(H,21,23,24)/t15-,16+,17-/m0/s1. The number of rotatable bonds is 5. The van der Waals surface area contributed by atoms with E-state index in [1.165, 1.54) is 18.4 Å². The molecule has 3 atom stereocenters. The molecule has 2 aliphatic rings. The molecule has 2 saturated heterocycles. The maximum atomic E-state index is 5.55. The molecule has 0 spiro atoms. The molecule has 4 heterocycles. The van der Waals surface area contributed by atoms with Gasteiger partial charge in [0.1, 0.15) is 5.82 Å². The molecular formula is C20H24N6O. The van der Waals surface area contributed by atoms with E-state index in [1.54, 1.807) is 0 Å². The molecule has 0 saturated carbocycles. The molecule has 2 fully saturated rings. The molecule has 1 aromatic carbocycles. The molecule has 7 nitrogen and oxygen atoms in total. The van der Waals surface area contributed by atoms with Gasteiger partial charge in [0.15, 0.2) is 11.6 Å². The van der Waals surface area contributed by atoms with Crippen molar-refractivity contribution in [1.29, 1.82) is 0 Å². The summed E-state index contributed by atoms with van der Waals surface area (Å²) in [6.07, 6.45) is 4.91. The highest BCUT2D eigenvalue weighted by atomic mass is 16.5. The average molecular weight is 364 g/mol. The Bertz CT molecular complexity index is 904. The molecule has 27 heavy (non-hydrogen) atoms. The van der Waals surface area contributed by atoms with Crippen LogP contribution in [0.15, 0.2) is 34.9 Å². The van der Waals surface area contributed by atoms with Crippen molar-refractivity contribution < 1.29 is 4.52 Å². The highest BCUT2D eigenvalue weighted by Crippen LogP contribution is 2.48. The number of hydrogen-bond acceptors (Lipinski definition) is 6. The molecule has 0 bridgehead atoms. The molecule has 0 amide bonds. The number of aromatic nitrogens is 5. The van der Waals surface area contributed by atoms with Crippen LogP contribution in [0.5, 0.6) is 0 Å². The summed E-state index contributed by atoms with van der Waals surface area (Å²) in [6.45, 7) is 3.06. The van der Waals surface area contributed by atoms with Gasteiger partial charge in [0.05, 0.1) is 0 Å². The normalized spacial score (nSPS) is 25.1. The van der Waals surface area contributed by atoms with Gasteiger partial charge in [-0.3, -0.25) is 10.00 Å². The van der Waals surface area contributed by atoms with E-state index < -0.39 is 0 Å². The Morgan fingerprint density at radius 3 is 2.89 bits per heavy atom. The minimum Gasteiger partial charge on any atom is -0.339 e. The molecule has 1 N–H and O–H groups in total. The van der Waals surface area contributed by atoms with Gasteiger partial charge in [-0.1, -0.05) is 35.5 Å². The predicted molar refractivity (Wildman–Crippen MR) is 99.1 cm³/mol. The quantitative estimate of drug-likeness (QED) is 0.749. The zero-order valence-corrected chi connectivity index (χ0v) is 15.5. The molecule has 2 aromatic heterocycles. The maximum absolute atomic E-state index is 5.55. The van der Waals surface area contributed by atoms with Crippen LogP contribution in [0, 0.1) is 6.92 Å². The van der Waals surface area contributed by atoms with Crippen LogP contribution < -0.4 is 0 Å². The summed E-state index contributed by atoms with van der Waals surface area (Å²) < 4.78 is 5.55. The number of aromatic amines is 1. The Hall–Kier alpha value is -2.54. The van der Waals surface area contributed by atoms with Crippen LogP contribution in [0.1, 0.15) is 60.1 Å². The second kappa shape index (κ2) is 6.88. The van der Waals surface area contributed by atoms with Crippen LogP contribution in [-0.4, -0.2) is 42.8 Å². The fourth-order valence-corrected chi connectivity index (χ4v) is 4.69. The van der Waals surface area contributed by atoms with Gasteiger partial charge in [-0.15, -0.1) is 0 Å². The Balaban J connectivity index is 1.32. The second-order valence-electron chi connectivity index (χ2n) is 7.60. The van der Waals surface area contributed by atoms with E-state index in [0.29, 0.717) is 36.7 Å². The molecule has 140 valence electrons. The first-order chi connectivity index (χ1) is 13.3. The van der Waals surface area contributed by atoms with Crippen LogP contribution in [0.3, 0.4) is 0 Å². The third-order valence-electron chi connectivity index (χ3n) is 5.89. The first kappa shape index (κ1) is 16.6. The van der Waals surface area contributed by atoms with Gasteiger partial charge < -0.3 is 4.52 Å². The Labute approximate surface area is 158 Å². The van der Waals surface area contributed by atoms with E-state index >= 15 is 0 Å². The van der Waals surface area contributed by atoms with E-state index in [0.717, 1.165) is 30.4 Å². The second-order valence-corrected chi connectivity index (χ2v) is 7.60. The van der Waals surface area contributed by atoms with Crippen molar-refractivity contribution in [1.82, 2.24) is 30.2 Å². The topological polar surface area (TPSA) is 83.7 Å². The van der Waals surface area contributed by atoms with E-state index in [4.69, 9.17) is 9.51 Å². The van der Waals surface area contributed by atoms with Crippen molar-refractivity contribution in [3.63, 3.8) is 0 Å². The summed E-state index contributed by atoms with van der Waals surface area (Å²) >= 11 is 0. The van der Waals surface area contributed by atoms with Crippen LogP contribution in [0.2, 0.25) is 0 Å². The third-order valence-corrected chi connectivity index (χ3v) is 5.89. The minimum atomic E-state index is 0.348. The lowest BCUT2D eigenvalue weighted by molar-refractivity contribution is 0.243. The van der Waals surface area contributed by atoms with Crippen molar-refractivity contribution in [2.24, 2.45) is 0 Å². The SMILES string of the molecule is Cc1nc(CCc2nc([C@H]3C[C@@H](c4ccccc4)N4CCC[C@H]34)no2)n[nH]1. The molecular weight excluding hydrogens is 340 g/mol. The van der Waals surface area contributed by atoms with Crippen molar-refractivity contribution in [3.8, 4) is 0 Å². The number of nitrogens with zero attached hydrogens (tertiary/aromatic N) is 5. The summed E-state index contributed by atoms with van der Waals surface area (Å²) in [5.41, 5.74) is 1.40. The molecule has 0 unspecified atom stereocenters. The van der Waals surface area contributed by atoms with Gasteiger partial charge in [0.2, 0.25) is 5.89 Å². The van der Waals surface area contributed by atoms with Crippen molar-refractivity contribution in [2.45, 2.75) is 57.0 Å². The van der Waals surface area contributed by atoms with E-state index in [-0.39, 0.29) is 0 Å². The molecule has 0 radical (unpaired) electrons. The fourth-order valence-electron chi connectivity index (χ4n) is 4.69. The Morgan fingerprint density at radius 1 is 1.19 bits per heavy atom. The van der Waals surface area contributed by atoms with Gasteiger partial charge in [0.25, 0.3) is 0 Å². The Kier molecular flexibility index (Phi) is 4.24. The summed E-state index contributed by atoms with van der Waals surface area (Å²) in [7, 11) is 0. The minimum absolute atomic E-state index is 0.348. The van der Waals surface area contributed by atoms with E-state index in [9.17, 15) is 0 Å². The van der Waals surface area contributed by atoms with Crippen LogP contribution >= 0.6 is 0 Å². The van der Waals surface area contributed by atoms with Crippen LogP contribution in [0.25, 0.3) is 0 Å². The van der Waals surface area contributed by atoms with E-state index in [1.807, 2.05) is 6.92 Å². The van der Waals surface area contributed by atoms with Gasteiger partial charge >= 0.3 is 0 Å². The molecule has 2 aliphatic heterocycles. The number of fused-ring (bicyclic) bond motifs is 1. The van der Waals surface area contributed by atoms with Gasteiger partial charge in [-0.2, -0.15) is 10.1 Å². The number of aryl methyl sites for hydroxylation is 3. The highest BCUT2D eigenvalue weighted by molar-refractivity contribution is 5.24. The smallest absolute Gasteiger partial charge is 0.227 e. The lowest BCUT2D eigenvalue weighted by Crippen LogP contribution is -2.27. The number of benzene rings is 1. The van der Waals surface area contributed by atoms with Crippen LogP contribution in [-0.2, 0) is 12.8 Å². The lowest BCUT2D eigenvalue weighted by Gasteiger charge is -2.24. The maximum Gasteiger partial charge on any atom is 0.227 e. The monoisotopic (exact) mass is 364 g/mol. The zero-order valence-electron chi connectivity index (χ0n) is 15.5. The largest absolute Gasteiger partial charge is 0.339 e. The molecule has 7 heteroatoms. The lowest BCUT2D eigenvalue weighted by atomic mass is 9.94. The predicted octanol–water partition coefficient (Wildman–Crippen LogP) is 2.97. The molecule has 5 rings (SSSR count). The summed E-state index contributed by atoms with van der Waals surface area (Å²) in [5.74, 6) is 3.52. The number of nitrogens with one attached hydrogen (secondary N) is 1. The van der Waals surface area contributed by atoms with Gasteiger partial charge in [-0.25, -0.2) is 4.98 Å². The van der Waals surface area contributed by atoms with Crippen LogP contribution in [0.4, 0.5) is 0 Å².